The van der Waals surface area contributed by atoms with Crippen molar-refractivity contribution in [1.82, 2.24) is 4.90 Å². The minimum atomic E-state index is -0.314. The highest BCUT2D eigenvalue weighted by atomic mass is 32.1. The Morgan fingerprint density at radius 3 is 2.36 bits per heavy atom. The van der Waals surface area contributed by atoms with Gasteiger partial charge in [0.25, 0.3) is 5.91 Å². The zero-order chi connectivity index (χ0) is 25.7. The predicted octanol–water partition coefficient (Wildman–Crippen LogP) is 5.81. The van der Waals surface area contributed by atoms with Crippen LogP contribution in [0.4, 0.5) is 10.1 Å². The van der Waals surface area contributed by atoms with Gasteiger partial charge in [-0.2, -0.15) is 0 Å². The molecule has 0 unspecified atom stereocenters. The highest BCUT2D eigenvalue weighted by Gasteiger charge is 2.36. The SMILES string of the molecule is CCOc1ccc(N2C(=O)/C(=C/c3ccc(OCc4cccc(F)c4)c(OCC)c3)N(C)C2=S)cc1. The van der Waals surface area contributed by atoms with Crippen molar-refractivity contribution in [3.63, 3.8) is 0 Å². The lowest BCUT2D eigenvalue weighted by atomic mass is 10.1. The molecule has 36 heavy (non-hydrogen) atoms. The number of likely N-dealkylation sites (N-methyl/N-ethyl adjacent to an activating group) is 1. The van der Waals surface area contributed by atoms with Crippen LogP contribution in [0.5, 0.6) is 17.2 Å². The molecule has 6 nitrogen and oxygen atoms in total. The standard InChI is InChI=1S/C28H27FN2O4S/c1-4-33-23-12-10-22(11-13-23)31-27(32)24(30(3)28(31)36)16-19-9-14-25(26(17-19)34-5-2)35-18-20-7-6-8-21(29)15-20/h6-17H,4-5,18H2,1-3H3/b24-16-. The van der Waals surface area contributed by atoms with Crippen LogP contribution in [0.25, 0.3) is 6.08 Å². The lowest BCUT2D eigenvalue weighted by molar-refractivity contribution is -0.114. The number of benzene rings is 3. The van der Waals surface area contributed by atoms with E-state index in [0.29, 0.717) is 46.8 Å². The summed E-state index contributed by atoms with van der Waals surface area (Å²) in [4.78, 5) is 16.5. The van der Waals surface area contributed by atoms with Crippen molar-refractivity contribution in [2.45, 2.75) is 20.5 Å². The molecule has 0 spiro atoms. The summed E-state index contributed by atoms with van der Waals surface area (Å²) < 4.78 is 30.6. The molecule has 0 saturated carbocycles. The number of carbonyl (C=O) groups is 1. The molecule has 1 fully saturated rings. The van der Waals surface area contributed by atoms with Gasteiger partial charge in [-0.1, -0.05) is 18.2 Å². The van der Waals surface area contributed by atoms with E-state index in [1.165, 1.54) is 17.0 Å². The molecule has 8 heteroatoms. The van der Waals surface area contributed by atoms with E-state index in [-0.39, 0.29) is 18.3 Å². The van der Waals surface area contributed by atoms with Crippen LogP contribution in [0.3, 0.4) is 0 Å². The molecule has 0 radical (unpaired) electrons. The van der Waals surface area contributed by atoms with Crippen molar-refractivity contribution >= 4 is 35.0 Å². The quantitative estimate of drug-likeness (QED) is 0.270. The number of carbonyl (C=O) groups excluding carboxylic acids is 1. The molecule has 0 aromatic heterocycles. The number of thiocarbonyl (C=S) groups is 1. The molecule has 3 aromatic rings. The van der Waals surface area contributed by atoms with Crippen molar-refractivity contribution < 1.29 is 23.4 Å². The molecule has 1 aliphatic heterocycles. The van der Waals surface area contributed by atoms with E-state index in [1.54, 1.807) is 42.3 Å². The fraction of sp³-hybridized carbons (Fsp3) is 0.214. The van der Waals surface area contributed by atoms with Crippen LogP contribution in [0.1, 0.15) is 25.0 Å². The Hall–Kier alpha value is -3.91. The third kappa shape index (κ3) is 5.49. The highest BCUT2D eigenvalue weighted by molar-refractivity contribution is 7.80. The zero-order valence-electron chi connectivity index (χ0n) is 20.4. The topological polar surface area (TPSA) is 51.2 Å². The van der Waals surface area contributed by atoms with Gasteiger partial charge in [-0.05, 0) is 91.8 Å². The van der Waals surface area contributed by atoms with E-state index in [2.05, 4.69) is 0 Å². The Balaban J connectivity index is 1.56. The fourth-order valence-corrected chi connectivity index (χ4v) is 4.08. The maximum Gasteiger partial charge on any atom is 0.281 e. The number of amides is 1. The average molecular weight is 507 g/mol. The molecule has 4 rings (SSSR count). The lowest BCUT2D eigenvalue weighted by Crippen LogP contribution is -2.31. The maximum atomic E-state index is 13.5. The predicted molar refractivity (Wildman–Crippen MR) is 142 cm³/mol. The van der Waals surface area contributed by atoms with Gasteiger partial charge in [0.1, 0.15) is 23.9 Å². The van der Waals surface area contributed by atoms with E-state index >= 15 is 0 Å². The molecule has 0 atom stereocenters. The summed E-state index contributed by atoms with van der Waals surface area (Å²) in [5, 5.41) is 0.385. The second-order valence-corrected chi connectivity index (χ2v) is 8.36. The summed E-state index contributed by atoms with van der Waals surface area (Å²) >= 11 is 5.57. The molecular weight excluding hydrogens is 479 g/mol. The van der Waals surface area contributed by atoms with E-state index < -0.39 is 0 Å². The largest absolute Gasteiger partial charge is 0.494 e. The van der Waals surface area contributed by atoms with Crippen molar-refractivity contribution in [3.8, 4) is 17.2 Å². The van der Waals surface area contributed by atoms with Crippen LogP contribution in [0, 0.1) is 5.82 Å². The summed E-state index contributed by atoms with van der Waals surface area (Å²) in [6.45, 7) is 4.99. The van der Waals surface area contributed by atoms with Gasteiger partial charge in [0, 0.05) is 7.05 Å². The Morgan fingerprint density at radius 2 is 1.67 bits per heavy atom. The minimum Gasteiger partial charge on any atom is -0.494 e. The summed E-state index contributed by atoms with van der Waals surface area (Å²) in [7, 11) is 1.76. The normalized spacial score (nSPS) is 14.5. The monoisotopic (exact) mass is 506 g/mol. The van der Waals surface area contributed by atoms with Gasteiger partial charge in [-0.3, -0.25) is 9.69 Å². The Bertz CT molecular complexity index is 1290. The molecule has 186 valence electrons. The molecule has 0 aliphatic carbocycles. The summed E-state index contributed by atoms with van der Waals surface area (Å²) in [5.74, 6) is 1.25. The third-order valence-corrected chi connectivity index (χ3v) is 5.98. The van der Waals surface area contributed by atoms with Gasteiger partial charge in [-0.15, -0.1) is 0 Å². The molecule has 1 saturated heterocycles. The third-order valence-electron chi connectivity index (χ3n) is 5.52. The second-order valence-electron chi connectivity index (χ2n) is 8.00. The van der Waals surface area contributed by atoms with E-state index in [0.717, 1.165) is 11.3 Å². The van der Waals surface area contributed by atoms with Gasteiger partial charge in [0.15, 0.2) is 16.6 Å². The Labute approximate surface area is 215 Å². The highest BCUT2D eigenvalue weighted by Crippen LogP contribution is 2.33. The Kier molecular flexibility index (Phi) is 7.85. The number of rotatable bonds is 9. The van der Waals surface area contributed by atoms with Crippen LogP contribution in [-0.4, -0.2) is 36.2 Å². The van der Waals surface area contributed by atoms with Gasteiger partial charge >= 0.3 is 0 Å². The first-order valence-corrected chi connectivity index (χ1v) is 12.0. The molecule has 1 heterocycles. The summed E-state index contributed by atoms with van der Waals surface area (Å²) in [5.41, 5.74) is 2.57. The first-order valence-electron chi connectivity index (χ1n) is 11.6. The van der Waals surface area contributed by atoms with Crippen LogP contribution < -0.4 is 19.1 Å². The maximum absolute atomic E-state index is 13.5. The number of hydrogen-bond donors (Lipinski definition) is 0. The molecule has 1 amide bonds. The van der Waals surface area contributed by atoms with Gasteiger partial charge in [-0.25, -0.2) is 4.39 Å². The number of anilines is 1. The number of halogens is 1. The molecule has 0 N–H and O–H groups in total. The zero-order valence-corrected chi connectivity index (χ0v) is 21.2. The lowest BCUT2D eigenvalue weighted by Gasteiger charge is -2.16. The van der Waals surface area contributed by atoms with Crippen molar-refractivity contribution in [3.05, 3.63) is 89.4 Å². The van der Waals surface area contributed by atoms with Crippen molar-refractivity contribution in [1.29, 1.82) is 0 Å². The minimum absolute atomic E-state index is 0.199. The van der Waals surface area contributed by atoms with Crippen LogP contribution in [-0.2, 0) is 11.4 Å². The first kappa shape index (κ1) is 25.2. The van der Waals surface area contributed by atoms with Crippen LogP contribution in [0.2, 0.25) is 0 Å². The Morgan fingerprint density at radius 1 is 0.917 bits per heavy atom. The summed E-state index contributed by atoms with van der Waals surface area (Å²) in [6, 6.07) is 18.9. The number of nitrogens with zero attached hydrogens (tertiary/aromatic N) is 2. The van der Waals surface area contributed by atoms with E-state index in [4.69, 9.17) is 26.4 Å². The molecule has 1 aliphatic rings. The smallest absolute Gasteiger partial charge is 0.281 e. The van der Waals surface area contributed by atoms with Crippen LogP contribution >= 0.6 is 12.2 Å². The van der Waals surface area contributed by atoms with Gasteiger partial charge < -0.3 is 19.1 Å². The number of hydrogen-bond acceptors (Lipinski definition) is 5. The average Bonchev–Trinajstić information content (AvgIpc) is 3.07. The second kappa shape index (κ2) is 11.2. The van der Waals surface area contributed by atoms with E-state index in [1.807, 2.05) is 44.2 Å². The number of ether oxygens (including phenoxy) is 3. The summed E-state index contributed by atoms with van der Waals surface area (Å²) in [6.07, 6.45) is 1.77. The molecule has 0 bridgehead atoms. The molecule has 3 aromatic carbocycles. The molecular formula is C28H27FN2O4S. The fourth-order valence-electron chi connectivity index (χ4n) is 3.79. The van der Waals surface area contributed by atoms with Crippen molar-refractivity contribution in [2.75, 3.05) is 25.2 Å². The first-order chi connectivity index (χ1) is 17.4. The van der Waals surface area contributed by atoms with Gasteiger partial charge in [0.05, 0.1) is 18.9 Å². The van der Waals surface area contributed by atoms with Crippen LogP contribution in [0.15, 0.2) is 72.4 Å². The van der Waals surface area contributed by atoms with Crippen molar-refractivity contribution in [2.24, 2.45) is 0 Å². The van der Waals surface area contributed by atoms with E-state index in [9.17, 15) is 9.18 Å². The van der Waals surface area contributed by atoms with Gasteiger partial charge in [0.2, 0.25) is 0 Å².